The number of hydrogen-bond acceptors (Lipinski definition) is 4. The SMILES string of the molecule is COc1ccc(N2C(=S)N[C@@H]3c4cc(Cl)ccc4O[C@@]2(C)[C@@H]3C(=O)Nc2ccc(C)cc2C)cc1. The summed E-state index contributed by atoms with van der Waals surface area (Å²) in [6.45, 7) is 5.91. The smallest absolute Gasteiger partial charge is 0.236 e. The Balaban J connectivity index is 1.61. The molecule has 3 aromatic rings. The van der Waals surface area contributed by atoms with Crippen LogP contribution < -0.4 is 25.0 Å². The number of rotatable bonds is 4. The molecule has 0 aliphatic carbocycles. The van der Waals surface area contributed by atoms with E-state index in [4.69, 9.17) is 33.3 Å². The lowest BCUT2D eigenvalue weighted by Gasteiger charge is -2.56. The molecule has 0 spiro atoms. The summed E-state index contributed by atoms with van der Waals surface area (Å²) in [5.74, 6) is 0.555. The molecule has 2 aliphatic heterocycles. The zero-order chi connectivity index (χ0) is 24.9. The Morgan fingerprint density at radius 1 is 1.14 bits per heavy atom. The highest BCUT2D eigenvalue weighted by atomic mass is 35.5. The Kier molecular flexibility index (Phi) is 5.85. The highest BCUT2D eigenvalue weighted by Crippen LogP contribution is 2.50. The van der Waals surface area contributed by atoms with Crippen LogP contribution in [0.5, 0.6) is 11.5 Å². The maximum atomic E-state index is 13.9. The third-order valence-electron chi connectivity index (χ3n) is 6.71. The summed E-state index contributed by atoms with van der Waals surface area (Å²) >= 11 is 12.1. The van der Waals surface area contributed by atoms with Crippen molar-refractivity contribution in [1.29, 1.82) is 0 Å². The van der Waals surface area contributed by atoms with E-state index < -0.39 is 17.7 Å². The Bertz CT molecular complexity index is 1330. The maximum Gasteiger partial charge on any atom is 0.236 e. The Hall–Kier alpha value is -3.29. The van der Waals surface area contributed by atoms with Crippen molar-refractivity contribution in [3.05, 3.63) is 82.4 Å². The van der Waals surface area contributed by atoms with Crippen molar-refractivity contribution in [2.45, 2.75) is 32.5 Å². The molecule has 8 heteroatoms. The molecule has 3 atom stereocenters. The quantitative estimate of drug-likeness (QED) is 0.437. The summed E-state index contributed by atoms with van der Waals surface area (Å²) in [5.41, 5.74) is 3.36. The lowest BCUT2D eigenvalue weighted by Crippen LogP contribution is -2.72. The van der Waals surface area contributed by atoms with Crippen molar-refractivity contribution >= 4 is 46.2 Å². The van der Waals surface area contributed by atoms with Crippen molar-refractivity contribution in [3.8, 4) is 11.5 Å². The molecule has 5 rings (SSSR count). The normalized spacial score (nSPS) is 22.5. The molecule has 2 heterocycles. The summed E-state index contributed by atoms with van der Waals surface area (Å²) in [6, 6.07) is 18.5. The average molecular weight is 508 g/mol. The number of ether oxygens (including phenoxy) is 2. The van der Waals surface area contributed by atoms with E-state index in [0.29, 0.717) is 15.9 Å². The Labute approximate surface area is 215 Å². The molecule has 2 bridgehead atoms. The van der Waals surface area contributed by atoms with Crippen LogP contribution in [0.3, 0.4) is 0 Å². The van der Waals surface area contributed by atoms with Gasteiger partial charge in [0.05, 0.1) is 13.2 Å². The minimum absolute atomic E-state index is 0.177. The van der Waals surface area contributed by atoms with E-state index in [2.05, 4.69) is 10.6 Å². The second-order valence-corrected chi connectivity index (χ2v) is 9.91. The Morgan fingerprint density at radius 3 is 2.57 bits per heavy atom. The van der Waals surface area contributed by atoms with Gasteiger partial charge >= 0.3 is 0 Å². The second kappa shape index (κ2) is 8.73. The molecule has 0 unspecified atom stereocenters. The largest absolute Gasteiger partial charge is 0.497 e. The summed E-state index contributed by atoms with van der Waals surface area (Å²) in [6.07, 6.45) is 0. The molecule has 6 nitrogen and oxygen atoms in total. The van der Waals surface area contributed by atoms with Gasteiger partial charge in [0.15, 0.2) is 10.8 Å². The number of halogens is 1. The van der Waals surface area contributed by atoms with Gasteiger partial charge in [-0.1, -0.05) is 29.3 Å². The number of hydrogen-bond donors (Lipinski definition) is 2. The molecule has 1 saturated heterocycles. The molecule has 0 aromatic heterocycles. The molecular formula is C27H26ClN3O3S. The van der Waals surface area contributed by atoms with Crippen molar-refractivity contribution in [1.82, 2.24) is 5.32 Å². The number of benzene rings is 3. The first-order chi connectivity index (χ1) is 16.7. The van der Waals surface area contributed by atoms with Crippen LogP contribution in [0.1, 0.15) is 29.7 Å². The van der Waals surface area contributed by atoms with E-state index in [0.717, 1.165) is 33.8 Å². The average Bonchev–Trinajstić information content (AvgIpc) is 2.81. The molecule has 3 aromatic carbocycles. The van der Waals surface area contributed by atoms with Crippen molar-refractivity contribution in [3.63, 3.8) is 0 Å². The molecular weight excluding hydrogens is 482 g/mol. The highest BCUT2D eigenvalue weighted by Gasteiger charge is 2.59. The van der Waals surface area contributed by atoms with Crippen LogP contribution in [0.15, 0.2) is 60.7 Å². The second-order valence-electron chi connectivity index (χ2n) is 9.08. The Morgan fingerprint density at radius 2 is 1.89 bits per heavy atom. The lowest BCUT2D eigenvalue weighted by atomic mass is 9.78. The van der Waals surface area contributed by atoms with Crippen LogP contribution in [0, 0.1) is 19.8 Å². The van der Waals surface area contributed by atoms with E-state index in [-0.39, 0.29) is 5.91 Å². The number of methoxy groups -OCH3 is 1. The number of anilines is 2. The summed E-state index contributed by atoms with van der Waals surface area (Å²) in [7, 11) is 1.62. The van der Waals surface area contributed by atoms with Crippen LogP contribution in [0.4, 0.5) is 11.4 Å². The van der Waals surface area contributed by atoms with Crippen LogP contribution in [-0.4, -0.2) is 23.9 Å². The maximum absolute atomic E-state index is 13.9. The number of thiocarbonyl (C=S) groups is 1. The fourth-order valence-electron chi connectivity index (χ4n) is 5.04. The van der Waals surface area contributed by atoms with Gasteiger partial charge in [0.25, 0.3) is 0 Å². The fraction of sp³-hybridized carbons (Fsp3) is 0.259. The number of carbonyl (C=O) groups excluding carboxylic acids is 1. The molecule has 0 saturated carbocycles. The number of carbonyl (C=O) groups is 1. The third-order valence-corrected chi connectivity index (χ3v) is 7.25. The van der Waals surface area contributed by atoms with Crippen LogP contribution >= 0.6 is 23.8 Å². The van der Waals surface area contributed by atoms with Gasteiger partial charge < -0.3 is 20.1 Å². The summed E-state index contributed by atoms with van der Waals surface area (Å²) in [5, 5.41) is 7.56. The van der Waals surface area contributed by atoms with Crippen LogP contribution in [0.25, 0.3) is 0 Å². The molecule has 0 radical (unpaired) electrons. The molecule has 1 amide bonds. The van der Waals surface area contributed by atoms with Gasteiger partial charge in [0.1, 0.15) is 17.4 Å². The fourth-order valence-corrected chi connectivity index (χ4v) is 5.63. The van der Waals surface area contributed by atoms with Gasteiger partial charge in [0.2, 0.25) is 5.91 Å². The van der Waals surface area contributed by atoms with Gasteiger partial charge in [-0.2, -0.15) is 0 Å². The number of aryl methyl sites for hydroxylation is 2. The third kappa shape index (κ3) is 3.98. The van der Waals surface area contributed by atoms with E-state index in [9.17, 15) is 4.79 Å². The number of amides is 1. The molecule has 35 heavy (non-hydrogen) atoms. The van der Waals surface area contributed by atoms with Gasteiger partial charge in [-0.25, -0.2) is 0 Å². The lowest BCUT2D eigenvalue weighted by molar-refractivity contribution is -0.130. The first kappa shape index (κ1) is 23.5. The molecule has 180 valence electrons. The van der Waals surface area contributed by atoms with E-state index in [1.54, 1.807) is 13.2 Å². The zero-order valence-electron chi connectivity index (χ0n) is 19.9. The molecule has 2 N–H and O–H groups in total. The number of fused-ring (bicyclic) bond motifs is 4. The zero-order valence-corrected chi connectivity index (χ0v) is 21.5. The van der Waals surface area contributed by atoms with Crippen LogP contribution in [0.2, 0.25) is 5.02 Å². The minimum atomic E-state index is -1.11. The van der Waals surface area contributed by atoms with Crippen molar-refractivity contribution in [2.75, 3.05) is 17.3 Å². The predicted molar refractivity (Wildman–Crippen MR) is 142 cm³/mol. The van der Waals surface area contributed by atoms with Crippen LogP contribution in [-0.2, 0) is 4.79 Å². The van der Waals surface area contributed by atoms with Crippen molar-refractivity contribution < 1.29 is 14.3 Å². The standard InChI is InChI=1S/C27H26ClN3O3S/c1-15-5-11-21(16(2)13-15)29-25(32)23-24-20-14-17(28)6-12-22(20)34-27(23,3)31(26(35)30-24)18-7-9-19(33-4)10-8-18/h5-14,23-24H,1-4H3,(H,29,32)(H,30,35)/t23-,24+,27-/m0/s1. The summed E-state index contributed by atoms with van der Waals surface area (Å²) in [4.78, 5) is 15.8. The van der Waals surface area contributed by atoms with Gasteiger partial charge in [-0.15, -0.1) is 0 Å². The predicted octanol–water partition coefficient (Wildman–Crippen LogP) is 5.76. The van der Waals surface area contributed by atoms with Gasteiger partial charge in [-0.05, 0) is 87.1 Å². The molecule has 1 fully saturated rings. The number of nitrogens with zero attached hydrogens (tertiary/aromatic N) is 1. The minimum Gasteiger partial charge on any atom is -0.497 e. The molecule has 2 aliphatic rings. The first-order valence-corrected chi connectivity index (χ1v) is 12.1. The van der Waals surface area contributed by atoms with Gasteiger partial charge in [0, 0.05) is 22.0 Å². The van der Waals surface area contributed by atoms with Crippen molar-refractivity contribution in [2.24, 2.45) is 5.92 Å². The summed E-state index contributed by atoms with van der Waals surface area (Å²) < 4.78 is 11.9. The first-order valence-electron chi connectivity index (χ1n) is 11.3. The van der Waals surface area contributed by atoms with E-state index >= 15 is 0 Å². The monoisotopic (exact) mass is 507 g/mol. The van der Waals surface area contributed by atoms with E-state index in [1.165, 1.54) is 0 Å². The van der Waals surface area contributed by atoms with E-state index in [1.807, 2.05) is 80.3 Å². The topological polar surface area (TPSA) is 62.8 Å². The highest BCUT2D eigenvalue weighted by molar-refractivity contribution is 7.80. The van der Waals surface area contributed by atoms with Gasteiger partial charge in [-0.3, -0.25) is 9.69 Å². The number of nitrogens with one attached hydrogen (secondary N) is 2.